The summed E-state index contributed by atoms with van der Waals surface area (Å²) in [5, 5.41) is 11.6. The van der Waals surface area contributed by atoms with Gasteiger partial charge in [0.1, 0.15) is 0 Å². The molecule has 0 aliphatic heterocycles. The summed E-state index contributed by atoms with van der Waals surface area (Å²) >= 11 is 1.55. The van der Waals surface area contributed by atoms with Crippen LogP contribution in [-0.4, -0.2) is 40.2 Å². The number of aromatic amines is 1. The lowest BCUT2D eigenvalue weighted by Crippen LogP contribution is -2.24. The number of rotatable bonds is 13. The maximum Gasteiger partial charge on any atom is 0.305 e. The topological polar surface area (TPSA) is 97.0 Å². The lowest BCUT2D eigenvalue weighted by atomic mass is 10.1. The second kappa shape index (κ2) is 14.1. The summed E-state index contributed by atoms with van der Waals surface area (Å²) in [5.41, 5.74) is 3.31. The Bertz CT molecular complexity index is 1380. The minimum Gasteiger partial charge on any atom is -0.466 e. The average Bonchev–Trinajstić information content (AvgIpc) is 3.34. The fourth-order valence-corrected chi connectivity index (χ4v) is 4.98. The van der Waals surface area contributed by atoms with E-state index in [4.69, 9.17) is 4.74 Å². The first-order valence-corrected chi connectivity index (χ1v) is 13.7. The first-order valence-electron chi connectivity index (χ1n) is 12.9. The predicted molar refractivity (Wildman–Crippen MR) is 152 cm³/mol. The molecule has 0 fully saturated rings. The number of carbonyl (C=O) groups is 2. The van der Waals surface area contributed by atoms with E-state index >= 15 is 0 Å². The highest BCUT2D eigenvalue weighted by Gasteiger charge is 2.13. The van der Waals surface area contributed by atoms with Crippen LogP contribution in [0.5, 0.6) is 0 Å². The van der Waals surface area contributed by atoms with Gasteiger partial charge in [-0.05, 0) is 74.4 Å². The third-order valence-electron chi connectivity index (χ3n) is 5.92. The van der Waals surface area contributed by atoms with E-state index in [0.29, 0.717) is 25.1 Å². The third kappa shape index (κ3) is 7.79. The fourth-order valence-electron chi connectivity index (χ4n) is 4.00. The predicted octanol–water partition coefficient (Wildman–Crippen LogP) is 6.52. The van der Waals surface area contributed by atoms with Crippen molar-refractivity contribution >= 4 is 46.7 Å². The number of pyridine rings is 1. The number of ether oxygens (including phenoxy) is 1. The lowest BCUT2D eigenvalue weighted by Gasteiger charge is -2.10. The third-order valence-corrected chi connectivity index (χ3v) is 6.99. The molecule has 0 saturated heterocycles. The summed E-state index contributed by atoms with van der Waals surface area (Å²) < 4.78 is 4.94. The molecule has 4 rings (SSSR count). The second-order valence-electron chi connectivity index (χ2n) is 8.73. The number of unbranched alkanes of at least 4 members (excludes halogenated alkanes) is 3. The van der Waals surface area contributed by atoms with Crippen molar-refractivity contribution in [1.29, 1.82) is 0 Å². The molecule has 0 bridgehead atoms. The van der Waals surface area contributed by atoms with Crippen molar-refractivity contribution in [2.24, 2.45) is 0 Å². The molecule has 0 atom stereocenters. The number of nitrogens with one attached hydrogen (secondary N) is 2. The molecule has 38 heavy (non-hydrogen) atoms. The van der Waals surface area contributed by atoms with E-state index in [9.17, 15) is 9.59 Å². The Kier molecular flexibility index (Phi) is 10.1. The molecule has 0 spiro atoms. The normalized spacial score (nSPS) is 11.2. The minimum atomic E-state index is -0.139. The molecule has 2 aromatic carbocycles. The van der Waals surface area contributed by atoms with E-state index in [1.807, 2.05) is 73.7 Å². The standard InChI is InChI=1S/C30H32N4O3S/c1-2-37-29(35)14-5-3-4-9-20-32-30(36)25-12-6-7-13-28(25)38-23-16-17-24-26(33-34-27(24)21-23)18-15-22-11-8-10-19-31-22/h6-8,10-13,15-19,21H,2-5,9,14,20H2,1H3,(H,32,36)(H,33,34)/b18-15+. The van der Waals surface area contributed by atoms with E-state index in [-0.39, 0.29) is 11.9 Å². The van der Waals surface area contributed by atoms with Gasteiger partial charge < -0.3 is 10.1 Å². The lowest BCUT2D eigenvalue weighted by molar-refractivity contribution is -0.143. The molecular formula is C30H32N4O3S. The Morgan fingerprint density at radius 1 is 1.00 bits per heavy atom. The van der Waals surface area contributed by atoms with Crippen molar-refractivity contribution in [1.82, 2.24) is 20.5 Å². The van der Waals surface area contributed by atoms with Gasteiger partial charge in [-0.15, -0.1) is 0 Å². The summed E-state index contributed by atoms with van der Waals surface area (Å²) in [6.07, 6.45) is 9.70. The number of benzene rings is 2. The maximum absolute atomic E-state index is 12.9. The number of amides is 1. The van der Waals surface area contributed by atoms with Gasteiger partial charge in [0.2, 0.25) is 0 Å². The number of nitrogens with zero attached hydrogens (tertiary/aromatic N) is 2. The van der Waals surface area contributed by atoms with Gasteiger partial charge in [-0.1, -0.05) is 42.8 Å². The van der Waals surface area contributed by atoms with Crippen LogP contribution in [0.4, 0.5) is 0 Å². The van der Waals surface area contributed by atoms with Crippen LogP contribution in [0.15, 0.2) is 76.7 Å². The number of hydrogen-bond donors (Lipinski definition) is 2. The van der Waals surface area contributed by atoms with Crippen molar-refractivity contribution < 1.29 is 14.3 Å². The van der Waals surface area contributed by atoms with Gasteiger partial charge in [0, 0.05) is 34.3 Å². The van der Waals surface area contributed by atoms with Crippen LogP contribution in [0.25, 0.3) is 23.1 Å². The largest absolute Gasteiger partial charge is 0.466 e. The highest BCUT2D eigenvalue weighted by Crippen LogP contribution is 2.33. The van der Waals surface area contributed by atoms with E-state index in [0.717, 1.165) is 57.8 Å². The van der Waals surface area contributed by atoms with E-state index in [1.165, 1.54) is 0 Å². The van der Waals surface area contributed by atoms with Crippen LogP contribution in [0.3, 0.4) is 0 Å². The molecule has 0 radical (unpaired) electrons. The van der Waals surface area contributed by atoms with Gasteiger partial charge in [0.15, 0.2) is 0 Å². The molecule has 0 aliphatic rings. The number of fused-ring (bicyclic) bond motifs is 1. The van der Waals surface area contributed by atoms with E-state index in [2.05, 4.69) is 26.6 Å². The molecule has 7 nitrogen and oxygen atoms in total. The van der Waals surface area contributed by atoms with Gasteiger partial charge in [-0.25, -0.2) is 0 Å². The zero-order valence-corrected chi connectivity index (χ0v) is 22.3. The average molecular weight is 529 g/mol. The van der Waals surface area contributed by atoms with Gasteiger partial charge in [0.05, 0.1) is 29.1 Å². The molecule has 2 heterocycles. The molecule has 0 aliphatic carbocycles. The monoisotopic (exact) mass is 528 g/mol. The molecule has 0 saturated carbocycles. The zero-order valence-electron chi connectivity index (χ0n) is 21.5. The molecular weight excluding hydrogens is 496 g/mol. The van der Waals surface area contributed by atoms with E-state index in [1.54, 1.807) is 18.0 Å². The highest BCUT2D eigenvalue weighted by molar-refractivity contribution is 7.99. The summed E-state index contributed by atoms with van der Waals surface area (Å²) in [5.74, 6) is -0.219. The summed E-state index contributed by atoms with van der Waals surface area (Å²) in [7, 11) is 0. The fraction of sp³-hybridized carbons (Fsp3) is 0.267. The van der Waals surface area contributed by atoms with Crippen LogP contribution < -0.4 is 5.32 Å². The molecule has 0 unspecified atom stereocenters. The van der Waals surface area contributed by atoms with Crippen molar-refractivity contribution in [2.45, 2.75) is 48.8 Å². The maximum atomic E-state index is 12.9. The molecule has 4 aromatic rings. The van der Waals surface area contributed by atoms with Crippen LogP contribution in [0.1, 0.15) is 60.8 Å². The van der Waals surface area contributed by atoms with Gasteiger partial charge >= 0.3 is 5.97 Å². The van der Waals surface area contributed by atoms with Crippen molar-refractivity contribution in [2.75, 3.05) is 13.2 Å². The Labute approximate surface area is 227 Å². The Balaban J connectivity index is 1.31. The van der Waals surface area contributed by atoms with Gasteiger partial charge in [-0.3, -0.25) is 19.7 Å². The number of aromatic nitrogens is 3. The van der Waals surface area contributed by atoms with Crippen LogP contribution >= 0.6 is 11.8 Å². The van der Waals surface area contributed by atoms with Crippen molar-refractivity contribution in [3.63, 3.8) is 0 Å². The van der Waals surface area contributed by atoms with Crippen molar-refractivity contribution in [3.8, 4) is 0 Å². The Morgan fingerprint density at radius 2 is 1.84 bits per heavy atom. The molecule has 2 N–H and O–H groups in total. The van der Waals surface area contributed by atoms with Gasteiger partial charge in [0.25, 0.3) is 5.91 Å². The SMILES string of the molecule is CCOC(=O)CCCCCCNC(=O)c1ccccc1Sc1ccc2c(/C=C/c3ccccn3)n[nH]c2c1. The molecule has 1 amide bonds. The quantitative estimate of drug-likeness (QED) is 0.151. The second-order valence-corrected chi connectivity index (χ2v) is 9.84. The Morgan fingerprint density at radius 3 is 2.68 bits per heavy atom. The summed E-state index contributed by atoms with van der Waals surface area (Å²) in [6.45, 7) is 2.84. The van der Waals surface area contributed by atoms with Crippen LogP contribution in [-0.2, 0) is 9.53 Å². The summed E-state index contributed by atoms with van der Waals surface area (Å²) in [4.78, 5) is 30.5. The summed E-state index contributed by atoms with van der Waals surface area (Å²) in [6, 6.07) is 19.6. The van der Waals surface area contributed by atoms with Crippen LogP contribution in [0.2, 0.25) is 0 Å². The van der Waals surface area contributed by atoms with Crippen molar-refractivity contribution in [3.05, 3.63) is 83.8 Å². The molecule has 196 valence electrons. The molecule has 2 aromatic heterocycles. The number of carbonyl (C=O) groups excluding carboxylic acids is 2. The number of hydrogen-bond acceptors (Lipinski definition) is 6. The highest BCUT2D eigenvalue weighted by atomic mass is 32.2. The van der Waals surface area contributed by atoms with E-state index < -0.39 is 0 Å². The smallest absolute Gasteiger partial charge is 0.305 e. The first-order chi connectivity index (χ1) is 18.6. The number of H-pyrrole nitrogens is 1. The Hall–Kier alpha value is -3.91. The molecule has 8 heteroatoms. The van der Waals surface area contributed by atoms with Gasteiger partial charge in [-0.2, -0.15) is 5.10 Å². The number of esters is 1. The zero-order chi connectivity index (χ0) is 26.6. The van der Waals surface area contributed by atoms with Crippen LogP contribution in [0, 0.1) is 0 Å². The first kappa shape index (κ1) is 27.1. The minimum absolute atomic E-state index is 0.0795.